The van der Waals surface area contributed by atoms with Crippen molar-refractivity contribution >= 4 is 44.1 Å². The van der Waals surface area contributed by atoms with Crippen LogP contribution in [0, 0.1) is 6.92 Å². The predicted molar refractivity (Wildman–Crippen MR) is 139 cm³/mol. The topological polar surface area (TPSA) is 111 Å². The molecule has 188 valence electrons. The van der Waals surface area contributed by atoms with E-state index in [0.717, 1.165) is 10.3 Å². The number of rotatable bonds is 6. The lowest BCUT2D eigenvalue weighted by molar-refractivity contribution is -0.132. The Morgan fingerprint density at radius 3 is 2.30 bits per heavy atom. The van der Waals surface area contributed by atoms with Crippen molar-refractivity contribution in [1.29, 1.82) is 0 Å². The minimum atomic E-state index is -1.03. The number of hydrogen-bond donors (Lipinski definition) is 1. The summed E-state index contributed by atoms with van der Waals surface area (Å²) in [6, 6.07) is 12.8. The molecule has 0 saturated carbocycles. The highest BCUT2D eigenvalue weighted by molar-refractivity contribution is 7.22. The molecule has 1 aliphatic heterocycles. The van der Waals surface area contributed by atoms with E-state index in [1.54, 1.807) is 49.7 Å². The summed E-state index contributed by atoms with van der Waals surface area (Å²) < 4.78 is 17.1. The van der Waals surface area contributed by atoms with Gasteiger partial charge in [0.25, 0.3) is 5.78 Å². The highest BCUT2D eigenvalue weighted by Gasteiger charge is 2.49. The SMILES string of the molecule is COc1cc2sc(N3C(=O)C(=O)/C(=C(/O)c4c(OC)cccc4OC)C3c3ccccn3)nc2cc1C. The zero-order chi connectivity index (χ0) is 26.3. The summed E-state index contributed by atoms with van der Waals surface area (Å²) in [6.07, 6.45) is 1.56. The summed E-state index contributed by atoms with van der Waals surface area (Å²) in [6.45, 7) is 1.90. The van der Waals surface area contributed by atoms with Gasteiger partial charge in [-0.15, -0.1) is 0 Å². The third-order valence-corrected chi connectivity index (χ3v) is 7.19. The molecule has 37 heavy (non-hydrogen) atoms. The second kappa shape index (κ2) is 9.55. The van der Waals surface area contributed by atoms with E-state index in [4.69, 9.17) is 14.2 Å². The molecule has 0 bridgehead atoms. The quantitative estimate of drug-likeness (QED) is 0.224. The smallest absolute Gasteiger partial charge is 0.301 e. The normalized spacial score (nSPS) is 16.9. The van der Waals surface area contributed by atoms with Crippen LogP contribution in [0.4, 0.5) is 5.13 Å². The molecule has 1 atom stereocenters. The van der Waals surface area contributed by atoms with Gasteiger partial charge in [0.1, 0.15) is 34.6 Å². The number of amides is 1. The van der Waals surface area contributed by atoms with Crippen LogP contribution in [0.25, 0.3) is 16.0 Å². The average molecular weight is 518 g/mol. The fourth-order valence-corrected chi connectivity index (χ4v) is 5.44. The van der Waals surface area contributed by atoms with E-state index in [1.165, 1.54) is 30.5 Å². The van der Waals surface area contributed by atoms with E-state index in [-0.39, 0.29) is 22.6 Å². The molecule has 1 N–H and O–H groups in total. The molecule has 1 amide bonds. The van der Waals surface area contributed by atoms with Crippen LogP contribution < -0.4 is 19.1 Å². The third kappa shape index (κ3) is 3.95. The molecular weight excluding hydrogens is 494 g/mol. The molecule has 1 aliphatic rings. The van der Waals surface area contributed by atoms with Crippen molar-refractivity contribution in [2.45, 2.75) is 13.0 Å². The van der Waals surface area contributed by atoms with Crippen molar-refractivity contribution in [3.05, 3.63) is 77.1 Å². The van der Waals surface area contributed by atoms with Gasteiger partial charge in [-0.05, 0) is 48.9 Å². The molecule has 0 radical (unpaired) electrons. The van der Waals surface area contributed by atoms with E-state index >= 15 is 0 Å². The van der Waals surface area contributed by atoms with Gasteiger partial charge < -0.3 is 19.3 Å². The van der Waals surface area contributed by atoms with Crippen molar-refractivity contribution in [3.8, 4) is 17.2 Å². The second-order valence-corrected chi connectivity index (χ2v) is 9.26. The number of aromatic nitrogens is 2. The standard InChI is InChI=1S/C27H23N3O6S/c1-14-12-16-20(13-19(14)36-4)37-27(29-16)30-23(15-8-5-6-11-28-15)22(25(32)26(30)33)24(31)21-17(34-2)9-7-10-18(21)35-3/h5-13,23,31H,1-4H3/b24-22+. The number of methoxy groups -OCH3 is 3. The first-order valence-corrected chi connectivity index (χ1v) is 12.1. The monoisotopic (exact) mass is 517 g/mol. The largest absolute Gasteiger partial charge is 0.506 e. The van der Waals surface area contributed by atoms with Crippen LogP contribution in [-0.4, -0.2) is 48.1 Å². The number of aliphatic hydroxyl groups excluding tert-OH is 1. The molecule has 1 unspecified atom stereocenters. The number of ketones is 1. The van der Waals surface area contributed by atoms with E-state index in [2.05, 4.69) is 9.97 Å². The van der Waals surface area contributed by atoms with Crippen molar-refractivity contribution in [1.82, 2.24) is 9.97 Å². The van der Waals surface area contributed by atoms with Gasteiger partial charge in [0.2, 0.25) is 0 Å². The maximum Gasteiger partial charge on any atom is 0.301 e. The highest BCUT2D eigenvalue weighted by atomic mass is 32.1. The number of anilines is 1. The Morgan fingerprint density at radius 2 is 1.68 bits per heavy atom. The fourth-order valence-electron chi connectivity index (χ4n) is 4.44. The number of aryl methyl sites for hydroxylation is 1. The van der Waals surface area contributed by atoms with Crippen molar-refractivity contribution in [3.63, 3.8) is 0 Å². The summed E-state index contributed by atoms with van der Waals surface area (Å²) in [4.78, 5) is 37.3. The van der Waals surface area contributed by atoms with Gasteiger partial charge in [0.05, 0.1) is 42.8 Å². The van der Waals surface area contributed by atoms with Crippen molar-refractivity contribution in [2.75, 3.05) is 26.2 Å². The average Bonchev–Trinajstić information content (AvgIpc) is 3.44. The molecule has 10 heteroatoms. The lowest BCUT2D eigenvalue weighted by atomic mass is 9.97. The first kappa shape index (κ1) is 24.3. The Balaban J connectivity index is 1.76. The number of ether oxygens (including phenoxy) is 3. The van der Waals surface area contributed by atoms with Gasteiger partial charge in [-0.1, -0.05) is 23.5 Å². The summed E-state index contributed by atoms with van der Waals surface area (Å²) in [5.41, 5.74) is 1.96. The van der Waals surface area contributed by atoms with Crippen LogP contribution in [0.3, 0.4) is 0 Å². The number of thiazole rings is 1. The van der Waals surface area contributed by atoms with Crippen LogP contribution in [0.2, 0.25) is 0 Å². The number of hydrogen-bond acceptors (Lipinski definition) is 9. The number of nitrogens with zero attached hydrogens (tertiary/aromatic N) is 3. The van der Waals surface area contributed by atoms with Gasteiger partial charge in [0, 0.05) is 6.20 Å². The van der Waals surface area contributed by atoms with Gasteiger partial charge in [-0.25, -0.2) is 4.98 Å². The first-order chi connectivity index (χ1) is 17.9. The summed E-state index contributed by atoms with van der Waals surface area (Å²) in [7, 11) is 4.47. The molecule has 1 saturated heterocycles. The Morgan fingerprint density at radius 1 is 0.973 bits per heavy atom. The zero-order valence-electron chi connectivity index (χ0n) is 20.5. The van der Waals surface area contributed by atoms with E-state index in [1.807, 2.05) is 19.1 Å². The molecular formula is C27H23N3O6S. The van der Waals surface area contributed by atoms with Gasteiger partial charge in [-0.2, -0.15) is 0 Å². The Hall–Kier alpha value is -4.44. The minimum absolute atomic E-state index is 0.139. The fraction of sp³-hybridized carbons (Fsp3) is 0.185. The molecule has 2 aromatic heterocycles. The van der Waals surface area contributed by atoms with Crippen LogP contribution in [0.1, 0.15) is 22.9 Å². The number of pyridine rings is 1. The van der Waals surface area contributed by atoms with Crippen molar-refractivity contribution < 1.29 is 28.9 Å². The number of carbonyl (C=O) groups is 2. The molecule has 0 aliphatic carbocycles. The van der Waals surface area contributed by atoms with E-state index in [9.17, 15) is 14.7 Å². The molecule has 3 heterocycles. The first-order valence-electron chi connectivity index (χ1n) is 11.3. The molecule has 2 aromatic carbocycles. The maximum atomic E-state index is 13.5. The second-order valence-electron chi connectivity index (χ2n) is 8.25. The minimum Gasteiger partial charge on any atom is -0.506 e. The van der Waals surface area contributed by atoms with Crippen LogP contribution in [0.15, 0.2) is 60.3 Å². The van der Waals surface area contributed by atoms with Crippen LogP contribution in [0.5, 0.6) is 17.2 Å². The van der Waals surface area contributed by atoms with E-state index < -0.39 is 23.5 Å². The summed E-state index contributed by atoms with van der Waals surface area (Å²) >= 11 is 1.24. The van der Waals surface area contributed by atoms with Gasteiger partial charge in [-0.3, -0.25) is 19.5 Å². The Labute approximate surface area is 216 Å². The van der Waals surface area contributed by atoms with Crippen molar-refractivity contribution in [2.24, 2.45) is 0 Å². The Bertz CT molecular complexity index is 1540. The summed E-state index contributed by atoms with van der Waals surface area (Å²) in [5, 5.41) is 11.8. The van der Waals surface area contributed by atoms with Gasteiger partial charge >= 0.3 is 5.91 Å². The summed E-state index contributed by atoms with van der Waals surface area (Å²) in [5.74, 6) is -0.863. The Kier molecular flexibility index (Phi) is 6.26. The molecule has 5 rings (SSSR count). The van der Waals surface area contributed by atoms with Crippen LogP contribution >= 0.6 is 11.3 Å². The molecule has 9 nitrogen and oxygen atoms in total. The molecule has 4 aromatic rings. The number of benzene rings is 2. The number of fused-ring (bicyclic) bond motifs is 1. The lowest BCUT2D eigenvalue weighted by Gasteiger charge is -2.22. The number of aliphatic hydroxyl groups is 1. The van der Waals surface area contributed by atoms with Crippen LogP contribution in [-0.2, 0) is 9.59 Å². The molecule has 0 spiro atoms. The van der Waals surface area contributed by atoms with E-state index in [0.29, 0.717) is 22.1 Å². The predicted octanol–water partition coefficient (Wildman–Crippen LogP) is 4.65. The zero-order valence-corrected chi connectivity index (χ0v) is 21.3. The number of carbonyl (C=O) groups excluding carboxylic acids is 2. The maximum absolute atomic E-state index is 13.5. The third-order valence-electron chi connectivity index (χ3n) is 6.18. The highest BCUT2D eigenvalue weighted by Crippen LogP contribution is 2.46. The lowest BCUT2D eigenvalue weighted by Crippen LogP contribution is -2.29. The molecule has 1 fully saturated rings. The number of Topliss-reactive ketones (excluding diaryl/α,β-unsaturated/α-hetero) is 1. The van der Waals surface area contributed by atoms with Gasteiger partial charge in [0.15, 0.2) is 5.13 Å².